The Labute approximate surface area is 387 Å². The molecular formula is C51H79NO13. The molecule has 0 radical (unpaired) electrons. The summed E-state index contributed by atoms with van der Waals surface area (Å²) in [5, 5.41) is 22.3. The third-order valence-corrected chi connectivity index (χ3v) is 13.7. The molecule has 3 aliphatic rings. The third kappa shape index (κ3) is 16.6. The van der Waals surface area contributed by atoms with Gasteiger partial charge < -0.3 is 38.8 Å². The summed E-state index contributed by atoms with van der Waals surface area (Å²) >= 11 is 0. The summed E-state index contributed by atoms with van der Waals surface area (Å²) in [6, 6.07) is -1.12. The Kier molecular flexibility index (Phi) is 23.3. The lowest BCUT2D eigenvalue weighted by atomic mass is 9.78. The van der Waals surface area contributed by atoms with Crippen LogP contribution < -0.4 is 0 Å². The SMILES string of the molecule is COCC(=O)[C@@H](C)C[C@H](C)/C=C/C=C/C=C(\C)[C@H](C[C@@H]1CC[C@@H](C)[C@](O)(C(=O)C(=O)N2CCCC[C@H]2C(=O)OC(CC(=O)[C@H](C)/C=C(\C)C=O)[C@H](C)C[C@@H]2CC[C@@H](O)[C@H](OC)C2)O1)OC. The molecule has 2 saturated heterocycles. The van der Waals surface area contributed by atoms with Crippen LogP contribution in [0.4, 0.5) is 0 Å². The lowest BCUT2D eigenvalue weighted by molar-refractivity contribution is -0.265. The molecule has 3 fully saturated rings. The van der Waals surface area contributed by atoms with Crippen molar-refractivity contribution in [2.45, 2.75) is 168 Å². The van der Waals surface area contributed by atoms with E-state index in [-0.39, 0.29) is 67.3 Å². The van der Waals surface area contributed by atoms with E-state index in [0.717, 1.165) is 18.4 Å². The van der Waals surface area contributed by atoms with Crippen molar-refractivity contribution in [1.29, 1.82) is 0 Å². The number of ether oxygens (including phenoxy) is 5. The number of amides is 1. The second-order valence-electron chi connectivity index (χ2n) is 19.1. The summed E-state index contributed by atoms with van der Waals surface area (Å²) in [5.74, 6) is -6.84. The molecule has 2 aliphatic heterocycles. The maximum atomic E-state index is 14.2. The Morgan fingerprint density at radius 3 is 2.29 bits per heavy atom. The predicted octanol–water partition coefficient (Wildman–Crippen LogP) is 6.64. The highest BCUT2D eigenvalue weighted by molar-refractivity contribution is 6.39. The maximum Gasteiger partial charge on any atom is 0.329 e. The van der Waals surface area contributed by atoms with Gasteiger partial charge in [0.05, 0.1) is 24.4 Å². The van der Waals surface area contributed by atoms with Crippen molar-refractivity contribution in [3.05, 3.63) is 47.6 Å². The van der Waals surface area contributed by atoms with Crippen molar-refractivity contribution in [1.82, 2.24) is 4.90 Å². The number of methoxy groups -OCH3 is 3. The Morgan fingerprint density at radius 2 is 1.63 bits per heavy atom. The van der Waals surface area contributed by atoms with E-state index in [2.05, 4.69) is 6.92 Å². The van der Waals surface area contributed by atoms with Crippen molar-refractivity contribution < 1.29 is 62.7 Å². The third-order valence-electron chi connectivity index (χ3n) is 13.7. The number of aliphatic hydroxyl groups is 2. The average molecular weight is 914 g/mol. The van der Waals surface area contributed by atoms with Gasteiger partial charge in [0.15, 0.2) is 5.78 Å². The quantitative estimate of drug-likeness (QED) is 0.0326. The van der Waals surface area contributed by atoms with E-state index in [1.807, 2.05) is 51.2 Å². The molecule has 2 heterocycles. The molecule has 2 N–H and O–H groups in total. The van der Waals surface area contributed by atoms with Gasteiger partial charge in [-0.05, 0) is 107 Å². The van der Waals surface area contributed by atoms with E-state index >= 15 is 0 Å². The number of nitrogens with zero attached hydrogens (tertiary/aromatic N) is 1. The second-order valence-corrected chi connectivity index (χ2v) is 19.1. The maximum absolute atomic E-state index is 14.2. The zero-order valence-electron chi connectivity index (χ0n) is 40.7. The Hall–Kier alpha value is -3.66. The molecule has 0 aromatic carbocycles. The highest BCUT2D eigenvalue weighted by Crippen LogP contribution is 2.37. The van der Waals surface area contributed by atoms with E-state index in [1.54, 1.807) is 41.1 Å². The number of hydrogen-bond donors (Lipinski definition) is 2. The van der Waals surface area contributed by atoms with Gasteiger partial charge in [-0.25, -0.2) is 4.79 Å². The van der Waals surface area contributed by atoms with Crippen LogP contribution >= 0.6 is 0 Å². The summed E-state index contributed by atoms with van der Waals surface area (Å²) in [5.41, 5.74) is 1.30. The highest BCUT2D eigenvalue weighted by Gasteiger charge is 2.53. The minimum Gasteiger partial charge on any atom is -0.460 e. The second kappa shape index (κ2) is 27.2. The van der Waals surface area contributed by atoms with Crippen molar-refractivity contribution in [3.8, 4) is 0 Å². The minimum absolute atomic E-state index is 0.0796. The number of ketones is 3. The van der Waals surface area contributed by atoms with Gasteiger partial charge in [0.25, 0.3) is 11.7 Å². The van der Waals surface area contributed by atoms with Gasteiger partial charge in [-0.15, -0.1) is 0 Å². The molecule has 1 aliphatic carbocycles. The first kappa shape index (κ1) is 55.7. The topological polar surface area (TPSA) is 192 Å². The fourth-order valence-electron chi connectivity index (χ4n) is 9.44. The molecule has 0 spiro atoms. The van der Waals surface area contributed by atoms with Crippen LogP contribution in [0.3, 0.4) is 0 Å². The summed E-state index contributed by atoms with van der Waals surface area (Å²) < 4.78 is 28.6. The number of aliphatic hydroxyl groups excluding tert-OH is 1. The molecule has 366 valence electrons. The molecule has 3 rings (SSSR count). The van der Waals surface area contributed by atoms with Crippen molar-refractivity contribution >= 4 is 35.5 Å². The first-order chi connectivity index (χ1) is 30.8. The molecule has 0 aromatic rings. The fraction of sp³-hybridized carbons (Fsp3) is 0.725. The van der Waals surface area contributed by atoms with Crippen molar-refractivity contribution in [2.24, 2.45) is 35.5 Å². The molecule has 0 aromatic heterocycles. The van der Waals surface area contributed by atoms with Crippen LogP contribution in [0.25, 0.3) is 0 Å². The van der Waals surface area contributed by atoms with Crippen molar-refractivity contribution in [3.63, 3.8) is 0 Å². The number of esters is 1. The normalized spacial score (nSPS) is 28.6. The number of piperidine rings is 1. The number of Topliss-reactive ketones (excluding diaryl/α,β-unsaturated/α-hetero) is 3. The van der Waals surface area contributed by atoms with Crippen LogP contribution in [-0.2, 0) is 52.5 Å². The number of likely N-dealkylation sites (tertiary alicyclic amines) is 1. The molecule has 13 atom stereocenters. The van der Waals surface area contributed by atoms with Gasteiger partial charge in [0.1, 0.15) is 30.8 Å². The molecule has 1 saturated carbocycles. The lowest BCUT2D eigenvalue weighted by Gasteiger charge is -2.42. The Morgan fingerprint density at radius 1 is 0.908 bits per heavy atom. The molecule has 1 amide bonds. The first-order valence-corrected chi connectivity index (χ1v) is 23.7. The number of carbonyl (C=O) groups excluding carboxylic acids is 6. The van der Waals surface area contributed by atoms with Gasteiger partial charge in [0.2, 0.25) is 5.79 Å². The number of rotatable bonds is 25. The standard InChI is InChI=1S/C51H79NO13/c1-32(24-36(5)44(56)31-61-8)16-12-11-13-17-34(3)45(62-9)28-40-21-19-38(7)51(60,65-40)48(57)49(58)52-23-15-14-18-41(52)50(59)64-46(29-43(55)35(4)25-33(2)30-53)37(6)26-39-20-22-42(54)47(27-39)63-10/h11-13,16-17,25,30,32,35-42,45-47,54,60H,14-15,18-24,26-29,31H2,1-10H3/b13-11+,16-12+,33-25+,34-17+/t32-,35-,36+,37-,38-,39+,40+,41+,42-,45+,46?,47-,51-/m1/s1. The van der Waals surface area contributed by atoms with E-state index < -0.39 is 65.7 Å². The number of aldehydes is 1. The summed E-state index contributed by atoms with van der Waals surface area (Å²) in [6.07, 6.45) is 14.9. The number of allylic oxidation sites excluding steroid dienone is 7. The largest absolute Gasteiger partial charge is 0.460 e. The van der Waals surface area contributed by atoms with Gasteiger partial charge in [-0.2, -0.15) is 0 Å². The van der Waals surface area contributed by atoms with Crippen LogP contribution in [0.5, 0.6) is 0 Å². The highest BCUT2D eigenvalue weighted by atomic mass is 16.6. The minimum atomic E-state index is -2.44. The summed E-state index contributed by atoms with van der Waals surface area (Å²) in [7, 11) is 4.66. The Balaban J connectivity index is 1.73. The van der Waals surface area contributed by atoms with E-state index in [1.165, 1.54) is 12.0 Å². The zero-order valence-corrected chi connectivity index (χ0v) is 40.7. The number of carbonyl (C=O) groups is 6. The van der Waals surface area contributed by atoms with Crippen LogP contribution in [0, 0.1) is 35.5 Å². The molecule has 1 unspecified atom stereocenters. The average Bonchev–Trinajstić information content (AvgIpc) is 3.28. The fourth-order valence-corrected chi connectivity index (χ4v) is 9.44. The van der Waals surface area contributed by atoms with E-state index in [0.29, 0.717) is 63.2 Å². The van der Waals surface area contributed by atoms with E-state index in [9.17, 15) is 39.0 Å². The van der Waals surface area contributed by atoms with E-state index in [4.69, 9.17) is 23.7 Å². The first-order valence-electron chi connectivity index (χ1n) is 23.7. The van der Waals surface area contributed by atoms with Gasteiger partial charge in [0, 0.05) is 58.5 Å². The molecule has 14 nitrogen and oxygen atoms in total. The molecule has 65 heavy (non-hydrogen) atoms. The molecule has 14 heteroatoms. The smallest absolute Gasteiger partial charge is 0.329 e. The zero-order chi connectivity index (χ0) is 48.4. The summed E-state index contributed by atoms with van der Waals surface area (Å²) in [4.78, 5) is 80.6. The molecule has 0 bridgehead atoms. The predicted molar refractivity (Wildman–Crippen MR) is 246 cm³/mol. The number of hydrogen-bond acceptors (Lipinski definition) is 13. The molecular weight excluding hydrogens is 835 g/mol. The van der Waals surface area contributed by atoms with Crippen LogP contribution in [-0.4, -0.2) is 127 Å². The van der Waals surface area contributed by atoms with Crippen molar-refractivity contribution in [2.75, 3.05) is 34.5 Å². The van der Waals surface area contributed by atoms with Gasteiger partial charge >= 0.3 is 5.97 Å². The monoisotopic (exact) mass is 914 g/mol. The van der Waals surface area contributed by atoms with Crippen LogP contribution in [0.15, 0.2) is 47.6 Å². The summed E-state index contributed by atoms with van der Waals surface area (Å²) in [6.45, 7) is 13.0. The van der Waals surface area contributed by atoms with Gasteiger partial charge in [-0.1, -0.05) is 71.1 Å². The van der Waals surface area contributed by atoms with Crippen LogP contribution in [0.1, 0.15) is 126 Å². The van der Waals surface area contributed by atoms with Gasteiger partial charge in [-0.3, -0.25) is 24.0 Å². The lowest BCUT2D eigenvalue weighted by Crippen LogP contribution is -2.61. The van der Waals surface area contributed by atoms with Crippen LogP contribution in [0.2, 0.25) is 0 Å². The Bertz CT molecular complexity index is 1720.